The van der Waals surface area contributed by atoms with Gasteiger partial charge in [0, 0.05) is 25.4 Å². The highest BCUT2D eigenvalue weighted by atomic mass is 16.5. The molecule has 36 heavy (non-hydrogen) atoms. The number of nitrogens with zero attached hydrogens (tertiary/aromatic N) is 2. The van der Waals surface area contributed by atoms with Crippen LogP contribution < -0.4 is 9.64 Å². The Morgan fingerprint density at radius 3 is 2.56 bits per heavy atom. The number of rotatable bonds is 11. The number of hydrogen-bond acceptors (Lipinski definition) is 6. The number of carboxylic acid groups (broad SMARTS) is 1. The Labute approximate surface area is 211 Å². The van der Waals surface area contributed by atoms with Gasteiger partial charge in [0.1, 0.15) is 23.3 Å². The quantitative estimate of drug-likeness (QED) is 0.354. The Bertz CT molecular complexity index is 1030. The fraction of sp³-hybridized carbons (Fsp3) is 0.593. The average molecular weight is 501 g/mol. The van der Waals surface area contributed by atoms with Crippen LogP contribution in [0.1, 0.15) is 39.5 Å². The van der Waals surface area contributed by atoms with Crippen LogP contribution in [0.2, 0.25) is 0 Å². The maximum Gasteiger partial charge on any atom is 0.310 e. The van der Waals surface area contributed by atoms with Crippen LogP contribution in [-0.4, -0.2) is 76.9 Å². The van der Waals surface area contributed by atoms with Crippen LogP contribution >= 0.6 is 0 Å². The molecule has 3 aliphatic rings. The molecule has 2 bridgehead atoms. The molecule has 1 spiro atoms. The van der Waals surface area contributed by atoms with Crippen LogP contribution in [0.15, 0.2) is 36.9 Å². The second-order valence-corrected chi connectivity index (χ2v) is 10.3. The van der Waals surface area contributed by atoms with Gasteiger partial charge in [-0.2, -0.15) is 0 Å². The Morgan fingerprint density at radius 2 is 1.97 bits per heavy atom. The summed E-state index contributed by atoms with van der Waals surface area (Å²) in [4.78, 5) is 43.7. The van der Waals surface area contributed by atoms with E-state index in [0.29, 0.717) is 43.7 Å². The molecule has 3 heterocycles. The molecule has 1 aromatic rings. The third-order valence-corrected chi connectivity index (χ3v) is 8.33. The zero-order valence-corrected chi connectivity index (χ0v) is 21.2. The van der Waals surface area contributed by atoms with Gasteiger partial charge in [-0.1, -0.05) is 13.0 Å². The normalized spacial score (nSPS) is 32.4. The first kappa shape index (κ1) is 26.2. The predicted molar refractivity (Wildman–Crippen MR) is 133 cm³/mol. The third-order valence-electron chi connectivity index (χ3n) is 8.33. The van der Waals surface area contributed by atoms with E-state index in [1.807, 2.05) is 6.92 Å². The van der Waals surface area contributed by atoms with Crippen molar-refractivity contribution in [3.8, 4) is 5.75 Å². The number of fused-ring (bicyclic) bond motifs is 1. The first-order valence-electron chi connectivity index (χ1n) is 12.6. The average Bonchev–Trinajstić information content (AvgIpc) is 3.36. The maximum absolute atomic E-state index is 14.3. The molecular weight excluding hydrogens is 464 g/mol. The Kier molecular flexibility index (Phi) is 7.16. The van der Waals surface area contributed by atoms with Crippen molar-refractivity contribution in [2.45, 2.75) is 56.8 Å². The maximum atomic E-state index is 14.3. The lowest BCUT2D eigenvalue weighted by Gasteiger charge is -2.37. The van der Waals surface area contributed by atoms with Crippen LogP contribution in [-0.2, 0) is 19.1 Å². The minimum atomic E-state index is -1.21. The second-order valence-electron chi connectivity index (χ2n) is 10.3. The van der Waals surface area contributed by atoms with Crippen molar-refractivity contribution < 1.29 is 34.1 Å². The van der Waals surface area contributed by atoms with Gasteiger partial charge in [0.2, 0.25) is 5.91 Å². The molecule has 196 valence electrons. The molecule has 6 atom stereocenters. The molecule has 3 unspecified atom stereocenters. The van der Waals surface area contributed by atoms with E-state index < -0.39 is 35.0 Å². The summed E-state index contributed by atoms with van der Waals surface area (Å²) in [6.45, 7) is 8.05. The molecule has 0 saturated carbocycles. The number of unbranched alkanes of at least 4 members (excludes halogenated alkanes) is 2. The summed E-state index contributed by atoms with van der Waals surface area (Å²) in [5.41, 5.74) is -1.62. The van der Waals surface area contributed by atoms with Gasteiger partial charge < -0.3 is 29.5 Å². The largest absolute Gasteiger partial charge is 0.497 e. The number of aliphatic carboxylic acids is 1. The molecule has 1 aromatic carbocycles. The number of benzene rings is 1. The molecule has 9 heteroatoms. The van der Waals surface area contributed by atoms with Crippen LogP contribution in [0.25, 0.3) is 0 Å². The third kappa shape index (κ3) is 3.89. The second kappa shape index (κ2) is 9.86. The number of methoxy groups -OCH3 is 1. The molecule has 0 aromatic heterocycles. The topological polar surface area (TPSA) is 117 Å². The molecule has 4 rings (SSSR count). The van der Waals surface area contributed by atoms with E-state index >= 15 is 0 Å². The summed E-state index contributed by atoms with van der Waals surface area (Å²) in [7, 11) is 1.56. The number of aliphatic hydroxyl groups excluding tert-OH is 1. The molecule has 0 aliphatic carbocycles. The van der Waals surface area contributed by atoms with E-state index in [-0.39, 0.29) is 30.9 Å². The van der Waals surface area contributed by atoms with E-state index in [2.05, 4.69) is 6.58 Å². The van der Waals surface area contributed by atoms with Gasteiger partial charge in [0.15, 0.2) is 0 Å². The van der Waals surface area contributed by atoms with Crippen molar-refractivity contribution in [1.82, 2.24) is 4.90 Å². The number of carbonyl (C=O) groups excluding carboxylic acids is 2. The number of amides is 2. The summed E-state index contributed by atoms with van der Waals surface area (Å²) in [5.74, 6) is -3.18. The molecule has 2 N–H and O–H groups in total. The van der Waals surface area contributed by atoms with Gasteiger partial charge in [-0.15, -0.1) is 6.58 Å². The van der Waals surface area contributed by atoms with Crippen molar-refractivity contribution in [3.63, 3.8) is 0 Å². The highest BCUT2D eigenvalue weighted by molar-refractivity contribution is 6.04. The van der Waals surface area contributed by atoms with Gasteiger partial charge in [-0.05, 0) is 62.8 Å². The standard InChI is InChI=1S/C27H36N2O7/c1-5-13-28(18-9-11-19(35-4)12-10-18)24(32)22-27-16-17(2)26(3,36-27)21(25(33)34)20(27)23(31)29(22)14-7-6-8-15-30/h5,9-12,17,20-22,30H,1,6-8,13-16H2,2-4H3,(H,33,34)/t17?,20-,21+,22?,26-,27?/m0/s1. The number of anilines is 1. The van der Waals surface area contributed by atoms with Crippen molar-refractivity contribution in [1.29, 1.82) is 0 Å². The fourth-order valence-electron chi connectivity index (χ4n) is 6.57. The summed E-state index contributed by atoms with van der Waals surface area (Å²) in [5, 5.41) is 19.3. The van der Waals surface area contributed by atoms with Gasteiger partial charge in [0.05, 0.1) is 18.6 Å². The monoisotopic (exact) mass is 500 g/mol. The Hall–Kier alpha value is -2.91. The van der Waals surface area contributed by atoms with E-state index in [4.69, 9.17) is 9.47 Å². The van der Waals surface area contributed by atoms with Crippen LogP contribution in [0.3, 0.4) is 0 Å². The van der Waals surface area contributed by atoms with E-state index in [9.17, 15) is 24.6 Å². The first-order chi connectivity index (χ1) is 17.2. The summed E-state index contributed by atoms with van der Waals surface area (Å²) in [6, 6.07) is 6.10. The number of ether oxygens (including phenoxy) is 2. The molecule has 9 nitrogen and oxygen atoms in total. The predicted octanol–water partition coefficient (Wildman–Crippen LogP) is 2.47. The Morgan fingerprint density at radius 1 is 1.28 bits per heavy atom. The minimum absolute atomic E-state index is 0.0491. The van der Waals surface area contributed by atoms with Gasteiger partial charge in [-0.3, -0.25) is 14.4 Å². The summed E-state index contributed by atoms with van der Waals surface area (Å²) in [6.07, 6.45) is 3.92. The lowest BCUT2D eigenvalue weighted by molar-refractivity contribution is -0.156. The minimum Gasteiger partial charge on any atom is -0.497 e. The SMILES string of the molecule is C=CCN(C(=O)C1N(CCCCCO)C(=O)[C@@H]2[C@H](C(=O)O)[C@@]3(C)OC12CC3C)c1ccc(OC)cc1. The van der Waals surface area contributed by atoms with Crippen LogP contribution in [0.4, 0.5) is 5.69 Å². The van der Waals surface area contributed by atoms with E-state index in [0.717, 1.165) is 0 Å². The van der Waals surface area contributed by atoms with E-state index in [1.54, 1.807) is 49.3 Å². The molecule has 3 saturated heterocycles. The lowest BCUT2D eigenvalue weighted by Crippen LogP contribution is -2.56. The number of carbonyl (C=O) groups is 3. The smallest absolute Gasteiger partial charge is 0.310 e. The van der Waals surface area contributed by atoms with Gasteiger partial charge in [-0.25, -0.2) is 0 Å². The summed E-state index contributed by atoms with van der Waals surface area (Å²) < 4.78 is 11.8. The number of likely N-dealkylation sites (tertiary alicyclic amines) is 1. The Balaban J connectivity index is 1.77. The van der Waals surface area contributed by atoms with Crippen molar-refractivity contribution in [2.24, 2.45) is 17.8 Å². The highest BCUT2D eigenvalue weighted by Crippen LogP contribution is 2.65. The lowest BCUT2D eigenvalue weighted by atomic mass is 9.62. The number of carboxylic acids is 1. The molecular formula is C27H36N2O7. The van der Waals surface area contributed by atoms with Crippen LogP contribution in [0.5, 0.6) is 5.75 Å². The van der Waals surface area contributed by atoms with Gasteiger partial charge in [0.25, 0.3) is 5.91 Å². The van der Waals surface area contributed by atoms with E-state index in [1.165, 1.54) is 4.90 Å². The van der Waals surface area contributed by atoms with Crippen LogP contribution in [0, 0.1) is 17.8 Å². The number of hydrogen-bond donors (Lipinski definition) is 2. The zero-order valence-electron chi connectivity index (χ0n) is 21.2. The summed E-state index contributed by atoms with van der Waals surface area (Å²) >= 11 is 0. The number of aliphatic hydroxyl groups is 1. The van der Waals surface area contributed by atoms with Gasteiger partial charge >= 0.3 is 5.97 Å². The van der Waals surface area contributed by atoms with Crippen molar-refractivity contribution in [3.05, 3.63) is 36.9 Å². The molecule has 0 radical (unpaired) electrons. The highest BCUT2D eigenvalue weighted by Gasteiger charge is 2.80. The molecule has 3 aliphatic heterocycles. The van der Waals surface area contributed by atoms with Crippen molar-refractivity contribution in [2.75, 3.05) is 31.7 Å². The zero-order chi connectivity index (χ0) is 26.3. The van der Waals surface area contributed by atoms with Crippen molar-refractivity contribution >= 4 is 23.5 Å². The first-order valence-corrected chi connectivity index (χ1v) is 12.6. The fourth-order valence-corrected chi connectivity index (χ4v) is 6.57. The molecule has 2 amide bonds. The molecule has 3 fully saturated rings.